The quantitative estimate of drug-likeness (QED) is 0.728. The number of hydrogen-bond acceptors (Lipinski definition) is 3. The molecule has 0 bridgehead atoms. The molecule has 0 aromatic heterocycles. The minimum absolute atomic E-state index is 0.333. The lowest BCUT2D eigenvalue weighted by molar-refractivity contribution is 0.123. The zero-order valence-electron chi connectivity index (χ0n) is 8.32. The molecule has 1 unspecified atom stereocenters. The van der Waals surface area contributed by atoms with Gasteiger partial charge in [0, 0.05) is 0 Å². The van der Waals surface area contributed by atoms with Crippen molar-refractivity contribution in [3.05, 3.63) is 29.3 Å². The van der Waals surface area contributed by atoms with Gasteiger partial charge in [-0.2, -0.15) is 0 Å². The highest BCUT2D eigenvalue weighted by atomic mass is 16.6. The fourth-order valence-corrected chi connectivity index (χ4v) is 1.76. The third kappa shape index (κ3) is 1.89. The molecule has 0 aliphatic carbocycles. The molecule has 1 heterocycles. The van der Waals surface area contributed by atoms with Crippen LogP contribution in [0.2, 0.25) is 0 Å². The van der Waals surface area contributed by atoms with Gasteiger partial charge in [0.05, 0.1) is 12.7 Å². The lowest BCUT2D eigenvalue weighted by Gasteiger charge is -2.23. The highest BCUT2D eigenvalue weighted by Gasteiger charge is 2.15. The molecular weight excluding hydrogens is 178 g/mol. The molecule has 1 atom stereocenters. The van der Waals surface area contributed by atoms with Crippen molar-refractivity contribution in [2.24, 2.45) is 5.90 Å². The van der Waals surface area contributed by atoms with Crippen LogP contribution in [0.1, 0.15) is 24.5 Å². The van der Waals surface area contributed by atoms with E-state index in [-0.39, 0.29) is 0 Å². The molecule has 1 aromatic carbocycles. The van der Waals surface area contributed by atoms with E-state index in [0.717, 1.165) is 24.2 Å². The molecule has 76 valence electrons. The Morgan fingerprint density at radius 1 is 1.57 bits per heavy atom. The maximum absolute atomic E-state index is 5.69. The van der Waals surface area contributed by atoms with Crippen LogP contribution in [0.3, 0.4) is 0 Å². The standard InChI is InChI=1S/C11H15NO2/c1-8-2-4-10-6-9(7-13-12)3-5-11(10)14-8/h3,5-6,8H,2,4,7,12H2,1H3. The van der Waals surface area contributed by atoms with E-state index in [0.29, 0.717) is 12.7 Å². The van der Waals surface area contributed by atoms with Gasteiger partial charge in [0.15, 0.2) is 0 Å². The van der Waals surface area contributed by atoms with Crippen LogP contribution in [0.5, 0.6) is 5.75 Å². The second-order valence-electron chi connectivity index (χ2n) is 3.72. The second-order valence-corrected chi connectivity index (χ2v) is 3.72. The first-order valence-corrected chi connectivity index (χ1v) is 4.89. The molecule has 2 N–H and O–H groups in total. The van der Waals surface area contributed by atoms with Crippen LogP contribution in [-0.2, 0) is 17.9 Å². The number of aryl methyl sites for hydroxylation is 1. The number of ether oxygens (including phenoxy) is 1. The summed E-state index contributed by atoms with van der Waals surface area (Å²) >= 11 is 0. The van der Waals surface area contributed by atoms with Crippen molar-refractivity contribution in [3.63, 3.8) is 0 Å². The van der Waals surface area contributed by atoms with Crippen LogP contribution in [0.15, 0.2) is 18.2 Å². The Morgan fingerprint density at radius 2 is 2.43 bits per heavy atom. The number of hydrogen-bond donors (Lipinski definition) is 1. The Balaban J connectivity index is 2.22. The van der Waals surface area contributed by atoms with Crippen LogP contribution in [0, 0.1) is 0 Å². The minimum atomic E-state index is 0.333. The van der Waals surface area contributed by atoms with Crippen LogP contribution in [0.4, 0.5) is 0 Å². The van der Waals surface area contributed by atoms with Gasteiger partial charge < -0.3 is 4.74 Å². The first kappa shape index (κ1) is 9.49. The molecule has 3 nitrogen and oxygen atoms in total. The fraction of sp³-hybridized carbons (Fsp3) is 0.455. The van der Waals surface area contributed by atoms with E-state index < -0.39 is 0 Å². The topological polar surface area (TPSA) is 44.5 Å². The molecular formula is C11H15NO2. The average Bonchev–Trinajstić information content (AvgIpc) is 2.19. The smallest absolute Gasteiger partial charge is 0.122 e. The van der Waals surface area contributed by atoms with Crippen LogP contribution < -0.4 is 10.6 Å². The fourth-order valence-electron chi connectivity index (χ4n) is 1.76. The number of fused-ring (bicyclic) bond motifs is 1. The molecule has 1 aliphatic heterocycles. The van der Waals surface area contributed by atoms with E-state index in [1.54, 1.807) is 0 Å². The van der Waals surface area contributed by atoms with E-state index in [1.807, 2.05) is 12.1 Å². The third-order valence-corrected chi connectivity index (χ3v) is 2.52. The molecule has 1 aliphatic rings. The van der Waals surface area contributed by atoms with Gasteiger partial charge >= 0.3 is 0 Å². The molecule has 0 saturated carbocycles. The molecule has 0 saturated heterocycles. The maximum Gasteiger partial charge on any atom is 0.122 e. The summed E-state index contributed by atoms with van der Waals surface area (Å²) in [4.78, 5) is 4.60. The SMILES string of the molecule is CC1CCc2cc(CON)ccc2O1. The van der Waals surface area contributed by atoms with Crippen molar-refractivity contribution in [2.45, 2.75) is 32.5 Å². The Bertz CT molecular complexity index is 325. The molecule has 0 amide bonds. The summed E-state index contributed by atoms with van der Waals surface area (Å²) in [5.41, 5.74) is 2.36. The first-order chi connectivity index (χ1) is 6.79. The van der Waals surface area contributed by atoms with Crippen LogP contribution >= 0.6 is 0 Å². The largest absolute Gasteiger partial charge is 0.490 e. The monoisotopic (exact) mass is 193 g/mol. The molecule has 2 rings (SSSR count). The number of nitrogens with two attached hydrogens (primary N) is 1. The van der Waals surface area contributed by atoms with Crippen molar-refractivity contribution >= 4 is 0 Å². The van der Waals surface area contributed by atoms with Crippen LogP contribution in [-0.4, -0.2) is 6.10 Å². The van der Waals surface area contributed by atoms with Gasteiger partial charge in [-0.15, -0.1) is 0 Å². The van der Waals surface area contributed by atoms with Gasteiger partial charge in [0.2, 0.25) is 0 Å². The summed E-state index contributed by atoms with van der Waals surface area (Å²) in [6.07, 6.45) is 2.49. The highest BCUT2D eigenvalue weighted by molar-refractivity contribution is 5.38. The normalized spacial score (nSPS) is 20.0. The summed E-state index contributed by atoms with van der Waals surface area (Å²) in [5.74, 6) is 6.03. The van der Waals surface area contributed by atoms with Gasteiger partial charge in [0.1, 0.15) is 5.75 Å². The Morgan fingerprint density at radius 3 is 3.21 bits per heavy atom. The van der Waals surface area contributed by atoms with Gasteiger partial charge in [-0.25, -0.2) is 5.90 Å². The van der Waals surface area contributed by atoms with Crippen molar-refractivity contribution in [1.29, 1.82) is 0 Å². The van der Waals surface area contributed by atoms with Crippen molar-refractivity contribution in [1.82, 2.24) is 0 Å². The third-order valence-electron chi connectivity index (χ3n) is 2.52. The van der Waals surface area contributed by atoms with Crippen LogP contribution in [0.25, 0.3) is 0 Å². The summed E-state index contributed by atoms with van der Waals surface area (Å²) in [5, 5.41) is 0. The van der Waals surface area contributed by atoms with Gasteiger partial charge in [-0.3, -0.25) is 4.84 Å². The van der Waals surface area contributed by atoms with Gasteiger partial charge in [-0.1, -0.05) is 6.07 Å². The Hall–Kier alpha value is -1.06. The predicted octanol–water partition coefficient (Wildman–Crippen LogP) is 1.79. The van der Waals surface area contributed by atoms with E-state index in [1.165, 1.54) is 5.56 Å². The molecule has 3 heteroatoms. The predicted molar refractivity (Wildman–Crippen MR) is 53.8 cm³/mol. The van der Waals surface area contributed by atoms with Crippen molar-refractivity contribution in [2.75, 3.05) is 0 Å². The molecule has 0 fully saturated rings. The molecule has 0 radical (unpaired) electrons. The number of benzene rings is 1. The molecule has 14 heavy (non-hydrogen) atoms. The average molecular weight is 193 g/mol. The van der Waals surface area contributed by atoms with Crippen molar-refractivity contribution < 1.29 is 9.57 Å². The van der Waals surface area contributed by atoms with E-state index in [2.05, 4.69) is 17.8 Å². The zero-order chi connectivity index (χ0) is 9.97. The summed E-state index contributed by atoms with van der Waals surface area (Å²) in [7, 11) is 0. The van der Waals surface area contributed by atoms with Gasteiger partial charge in [0.25, 0.3) is 0 Å². The first-order valence-electron chi connectivity index (χ1n) is 4.89. The van der Waals surface area contributed by atoms with E-state index >= 15 is 0 Å². The number of rotatable bonds is 2. The lowest BCUT2D eigenvalue weighted by Crippen LogP contribution is -2.18. The Labute approximate surface area is 83.8 Å². The van der Waals surface area contributed by atoms with E-state index in [4.69, 9.17) is 10.6 Å². The van der Waals surface area contributed by atoms with Crippen molar-refractivity contribution in [3.8, 4) is 5.75 Å². The summed E-state index contributed by atoms with van der Waals surface area (Å²) < 4.78 is 5.69. The summed E-state index contributed by atoms with van der Waals surface area (Å²) in [6, 6.07) is 6.09. The maximum atomic E-state index is 5.69. The molecule has 1 aromatic rings. The lowest BCUT2D eigenvalue weighted by atomic mass is 10.0. The second kappa shape index (κ2) is 3.98. The van der Waals surface area contributed by atoms with E-state index in [9.17, 15) is 0 Å². The Kier molecular flexibility index (Phi) is 2.70. The van der Waals surface area contributed by atoms with Gasteiger partial charge in [-0.05, 0) is 43.0 Å². The molecule has 0 spiro atoms. The zero-order valence-corrected chi connectivity index (χ0v) is 8.32. The highest BCUT2D eigenvalue weighted by Crippen LogP contribution is 2.28. The summed E-state index contributed by atoms with van der Waals surface area (Å²) in [6.45, 7) is 2.56. The minimum Gasteiger partial charge on any atom is -0.490 e.